The van der Waals surface area contributed by atoms with Crippen LogP contribution >= 0.6 is 11.6 Å². The van der Waals surface area contributed by atoms with E-state index in [1.54, 1.807) is 6.33 Å². The Bertz CT molecular complexity index is 303. The lowest BCUT2D eigenvalue weighted by atomic mass is 10.1. The Morgan fingerprint density at radius 2 is 2.36 bits per heavy atom. The van der Waals surface area contributed by atoms with Gasteiger partial charge in [0.05, 0.1) is 18.1 Å². The predicted molar refractivity (Wildman–Crippen MR) is 56.5 cm³/mol. The van der Waals surface area contributed by atoms with Gasteiger partial charge >= 0.3 is 0 Å². The maximum Gasteiger partial charge on any atom is 0.151 e. The van der Waals surface area contributed by atoms with Gasteiger partial charge in [-0.3, -0.25) is 4.90 Å². The molecule has 0 amide bonds. The summed E-state index contributed by atoms with van der Waals surface area (Å²) in [6, 6.07) is 0.337. The van der Waals surface area contributed by atoms with Crippen LogP contribution in [-0.4, -0.2) is 41.1 Å². The molecule has 14 heavy (non-hydrogen) atoms. The molecule has 2 heterocycles. The minimum absolute atomic E-state index is 0.337. The molecule has 0 aromatic carbocycles. The third-order valence-electron chi connectivity index (χ3n) is 2.76. The van der Waals surface area contributed by atoms with Gasteiger partial charge in [0.2, 0.25) is 0 Å². The number of hydrogen-bond acceptors (Lipinski definition) is 3. The highest BCUT2D eigenvalue weighted by Gasteiger charge is 2.25. The van der Waals surface area contributed by atoms with E-state index in [2.05, 4.69) is 22.2 Å². The van der Waals surface area contributed by atoms with Gasteiger partial charge in [-0.25, -0.2) is 4.98 Å². The maximum atomic E-state index is 6.06. The second-order valence-electron chi connectivity index (χ2n) is 3.73. The molecule has 0 aliphatic carbocycles. The van der Waals surface area contributed by atoms with E-state index in [0.29, 0.717) is 11.2 Å². The number of likely N-dealkylation sites (N-methyl/N-ethyl adjacent to an activating group) is 1. The first-order valence-corrected chi connectivity index (χ1v) is 5.15. The molecule has 2 rings (SSSR count). The van der Waals surface area contributed by atoms with E-state index in [9.17, 15) is 0 Å². The highest BCUT2D eigenvalue weighted by Crippen LogP contribution is 2.25. The van der Waals surface area contributed by atoms with Gasteiger partial charge < -0.3 is 9.88 Å². The minimum Gasteiger partial charge on any atom is -0.335 e. The van der Waals surface area contributed by atoms with Crippen molar-refractivity contribution >= 4 is 11.6 Å². The summed E-state index contributed by atoms with van der Waals surface area (Å²) in [7, 11) is 4.10. The number of aromatic nitrogens is 2. The first-order chi connectivity index (χ1) is 6.70. The summed E-state index contributed by atoms with van der Waals surface area (Å²) in [6.07, 6.45) is 1.76. The molecule has 1 fully saturated rings. The van der Waals surface area contributed by atoms with Crippen molar-refractivity contribution in [2.24, 2.45) is 7.05 Å². The number of halogens is 1. The van der Waals surface area contributed by atoms with Crippen LogP contribution in [0.3, 0.4) is 0 Å². The van der Waals surface area contributed by atoms with Crippen LogP contribution in [0.4, 0.5) is 0 Å². The molecule has 1 aromatic rings. The van der Waals surface area contributed by atoms with Crippen molar-refractivity contribution in [3.05, 3.63) is 17.2 Å². The monoisotopic (exact) mass is 214 g/mol. The fraction of sp³-hybridized carbons (Fsp3) is 0.667. The van der Waals surface area contributed by atoms with E-state index in [-0.39, 0.29) is 0 Å². The lowest BCUT2D eigenvalue weighted by Crippen LogP contribution is -2.44. The first-order valence-electron chi connectivity index (χ1n) is 4.78. The molecule has 0 bridgehead atoms. The molecule has 1 N–H and O–H groups in total. The number of nitrogens with one attached hydrogen (secondary N) is 1. The topological polar surface area (TPSA) is 33.1 Å². The molecule has 78 valence electrons. The fourth-order valence-corrected chi connectivity index (χ4v) is 2.20. The molecular weight excluding hydrogens is 200 g/mol. The first kappa shape index (κ1) is 9.96. The van der Waals surface area contributed by atoms with Crippen LogP contribution in [0, 0.1) is 0 Å². The van der Waals surface area contributed by atoms with E-state index in [1.807, 2.05) is 11.6 Å². The summed E-state index contributed by atoms with van der Waals surface area (Å²) < 4.78 is 2.00. The van der Waals surface area contributed by atoms with Crippen molar-refractivity contribution in [3.63, 3.8) is 0 Å². The molecule has 0 saturated carbocycles. The van der Waals surface area contributed by atoms with Crippen molar-refractivity contribution in [1.82, 2.24) is 19.8 Å². The van der Waals surface area contributed by atoms with Crippen molar-refractivity contribution in [2.45, 2.75) is 6.04 Å². The Hall–Kier alpha value is -0.580. The molecule has 1 aromatic heterocycles. The zero-order valence-corrected chi connectivity index (χ0v) is 9.25. The van der Waals surface area contributed by atoms with Crippen LogP contribution in [0.15, 0.2) is 6.33 Å². The van der Waals surface area contributed by atoms with Crippen LogP contribution in [0.5, 0.6) is 0 Å². The Balaban J connectivity index is 2.28. The van der Waals surface area contributed by atoms with Gasteiger partial charge in [0.25, 0.3) is 0 Å². The quantitative estimate of drug-likeness (QED) is 0.746. The third kappa shape index (κ3) is 1.65. The summed E-state index contributed by atoms with van der Waals surface area (Å²) in [5.41, 5.74) is 1.10. The lowest BCUT2D eigenvalue weighted by Gasteiger charge is -2.33. The molecule has 4 nitrogen and oxygen atoms in total. The zero-order chi connectivity index (χ0) is 10.1. The molecule has 0 radical (unpaired) electrons. The zero-order valence-electron chi connectivity index (χ0n) is 8.50. The second kappa shape index (κ2) is 3.88. The minimum atomic E-state index is 0.337. The van der Waals surface area contributed by atoms with E-state index in [1.165, 1.54) is 0 Å². The highest BCUT2D eigenvalue weighted by atomic mass is 35.5. The van der Waals surface area contributed by atoms with E-state index in [0.717, 1.165) is 25.3 Å². The van der Waals surface area contributed by atoms with Crippen LogP contribution in [-0.2, 0) is 7.05 Å². The summed E-state index contributed by atoms with van der Waals surface area (Å²) in [6.45, 7) is 3.03. The lowest BCUT2D eigenvalue weighted by molar-refractivity contribution is 0.195. The summed E-state index contributed by atoms with van der Waals surface area (Å²) in [5.74, 6) is 0. The molecule has 1 atom stereocenters. The molecule has 0 spiro atoms. The van der Waals surface area contributed by atoms with Crippen LogP contribution in [0.1, 0.15) is 11.7 Å². The number of rotatable bonds is 1. The third-order valence-corrected chi connectivity index (χ3v) is 3.05. The average Bonchev–Trinajstić information content (AvgIpc) is 2.48. The van der Waals surface area contributed by atoms with Crippen molar-refractivity contribution < 1.29 is 0 Å². The van der Waals surface area contributed by atoms with Gasteiger partial charge in [0.15, 0.2) is 5.15 Å². The molecule has 1 saturated heterocycles. The van der Waals surface area contributed by atoms with Gasteiger partial charge in [0.1, 0.15) is 0 Å². The fourth-order valence-electron chi connectivity index (χ4n) is 1.89. The van der Waals surface area contributed by atoms with Gasteiger partial charge in [-0.2, -0.15) is 0 Å². The smallest absolute Gasteiger partial charge is 0.151 e. The Labute approximate surface area is 88.9 Å². The standard InChI is InChI=1S/C9H15ClN4/c1-13-4-3-11-5-7(13)8-9(10)12-6-14(8)2/h6-7,11H,3-5H2,1-2H3. The molecule has 1 aliphatic rings. The maximum absolute atomic E-state index is 6.06. The molecule has 1 unspecified atom stereocenters. The number of aryl methyl sites for hydroxylation is 1. The Morgan fingerprint density at radius 1 is 1.57 bits per heavy atom. The van der Waals surface area contributed by atoms with E-state index >= 15 is 0 Å². The second-order valence-corrected chi connectivity index (χ2v) is 4.09. The largest absolute Gasteiger partial charge is 0.335 e. The summed E-state index contributed by atoms with van der Waals surface area (Å²) in [4.78, 5) is 6.40. The Kier molecular flexibility index (Phi) is 2.76. The van der Waals surface area contributed by atoms with Crippen molar-refractivity contribution in [3.8, 4) is 0 Å². The predicted octanol–water partition coefficient (Wildman–Crippen LogP) is 0.650. The molecule has 5 heteroatoms. The summed E-state index contributed by atoms with van der Waals surface area (Å²) >= 11 is 6.06. The van der Waals surface area contributed by atoms with E-state index < -0.39 is 0 Å². The van der Waals surface area contributed by atoms with Crippen molar-refractivity contribution in [1.29, 1.82) is 0 Å². The van der Waals surface area contributed by atoms with Gasteiger partial charge in [-0.05, 0) is 7.05 Å². The van der Waals surface area contributed by atoms with Gasteiger partial charge in [-0.15, -0.1) is 0 Å². The number of imidazole rings is 1. The van der Waals surface area contributed by atoms with Gasteiger partial charge in [-0.1, -0.05) is 11.6 Å². The number of piperazine rings is 1. The number of nitrogens with zero attached hydrogens (tertiary/aromatic N) is 3. The van der Waals surface area contributed by atoms with Gasteiger partial charge in [0, 0.05) is 26.7 Å². The van der Waals surface area contributed by atoms with Crippen LogP contribution in [0.25, 0.3) is 0 Å². The van der Waals surface area contributed by atoms with Crippen LogP contribution in [0.2, 0.25) is 5.15 Å². The highest BCUT2D eigenvalue weighted by molar-refractivity contribution is 6.30. The Morgan fingerprint density at radius 3 is 2.93 bits per heavy atom. The van der Waals surface area contributed by atoms with Crippen LogP contribution < -0.4 is 5.32 Å². The van der Waals surface area contributed by atoms with Crippen molar-refractivity contribution in [2.75, 3.05) is 26.7 Å². The SMILES string of the molecule is CN1CCNCC1c1c(Cl)ncn1C. The number of hydrogen-bond donors (Lipinski definition) is 1. The molecular formula is C9H15ClN4. The summed E-state index contributed by atoms with van der Waals surface area (Å²) in [5, 5.41) is 3.99. The normalized spacial score (nSPS) is 24.1. The van der Waals surface area contributed by atoms with E-state index in [4.69, 9.17) is 11.6 Å². The molecule has 1 aliphatic heterocycles. The average molecular weight is 215 g/mol.